The molecule has 118 valence electrons. The highest BCUT2D eigenvalue weighted by atomic mass is 32.2. The van der Waals surface area contributed by atoms with Crippen LogP contribution in [0.25, 0.3) is 0 Å². The number of ether oxygens (including phenoxy) is 2. The first kappa shape index (κ1) is 16.1. The van der Waals surface area contributed by atoms with Crippen LogP contribution in [0.4, 0.5) is 5.13 Å². The van der Waals surface area contributed by atoms with Gasteiger partial charge in [0.25, 0.3) is 0 Å². The number of nitrogens with one attached hydrogen (secondary N) is 1. The third-order valence-electron chi connectivity index (χ3n) is 2.71. The van der Waals surface area contributed by atoms with Crippen molar-refractivity contribution in [3.63, 3.8) is 0 Å². The Hall–Kier alpha value is -1.23. The molecule has 0 aromatic carbocycles. The molecule has 2 rings (SSSR count). The van der Waals surface area contributed by atoms with Crippen molar-refractivity contribution in [3.8, 4) is 0 Å². The van der Waals surface area contributed by atoms with Gasteiger partial charge in [-0.05, 0) is 6.92 Å². The van der Waals surface area contributed by atoms with Crippen LogP contribution in [0, 0.1) is 0 Å². The standard InChI is InChI=1S/C11H17N3O5S2/c1-2-19-10(15)7-9-8-20-11(12-9)13-21(16,17)14-3-5-18-6-4-14/h8H,2-7H2,1H3,(H,12,13). The van der Waals surface area contributed by atoms with E-state index in [1.54, 1.807) is 12.3 Å². The van der Waals surface area contributed by atoms with Crippen molar-refractivity contribution in [3.05, 3.63) is 11.1 Å². The van der Waals surface area contributed by atoms with E-state index in [2.05, 4.69) is 9.71 Å². The Morgan fingerprint density at radius 3 is 2.90 bits per heavy atom. The van der Waals surface area contributed by atoms with Gasteiger partial charge >= 0.3 is 16.2 Å². The Morgan fingerprint density at radius 2 is 2.24 bits per heavy atom. The first-order valence-corrected chi connectivity index (χ1v) is 8.79. The predicted molar refractivity (Wildman–Crippen MR) is 77.4 cm³/mol. The summed E-state index contributed by atoms with van der Waals surface area (Å²) < 4.78 is 37.9. The zero-order chi connectivity index (χ0) is 15.3. The number of carbonyl (C=O) groups excluding carboxylic acids is 1. The van der Waals surface area contributed by atoms with Crippen molar-refractivity contribution in [2.75, 3.05) is 37.6 Å². The molecular formula is C11H17N3O5S2. The lowest BCUT2D eigenvalue weighted by atomic mass is 10.3. The molecule has 0 saturated carbocycles. The average molecular weight is 335 g/mol. The van der Waals surface area contributed by atoms with E-state index in [1.165, 1.54) is 4.31 Å². The maximum Gasteiger partial charge on any atom is 0.311 e. The fraction of sp³-hybridized carbons (Fsp3) is 0.636. The van der Waals surface area contributed by atoms with E-state index in [9.17, 15) is 13.2 Å². The molecular weight excluding hydrogens is 318 g/mol. The third-order valence-corrected chi connectivity index (χ3v) is 5.14. The summed E-state index contributed by atoms with van der Waals surface area (Å²) in [4.78, 5) is 15.4. The lowest BCUT2D eigenvalue weighted by Crippen LogP contribution is -2.43. The molecule has 2 heterocycles. The van der Waals surface area contributed by atoms with E-state index in [0.29, 0.717) is 38.6 Å². The number of aromatic nitrogens is 1. The van der Waals surface area contributed by atoms with Crippen molar-refractivity contribution in [2.24, 2.45) is 0 Å². The molecule has 1 aliphatic rings. The molecule has 1 saturated heterocycles. The average Bonchev–Trinajstić information content (AvgIpc) is 2.86. The molecule has 0 bridgehead atoms. The minimum absolute atomic E-state index is 0.0314. The number of esters is 1. The Morgan fingerprint density at radius 1 is 1.52 bits per heavy atom. The number of rotatable bonds is 6. The smallest absolute Gasteiger partial charge is 0.311 e. The molecule has 1 fully saturated rings. The van der Waals surface area contributed by atoms with Gasteiger partial charge in [0.2, 0.25) is 0 Å². The molecule has 0 spiro atoms. The Bertz CT molecular complexity index is 580. The van der Waals surface area contributed by atoms with Gasteiger partial charge in [0.1, 0.15) is 0 Å². The highest BCUT2D eigenvalue weighted by molar-refractivity contribution is 7.90. The quantitative estimate of drug-likeness (QED) is 0.748. The monoisotopic (exact) mass is 335 g/mol. The first-order chi connectivity index (χ1) is 10.0. The van der Waals surface area contributed by atoms with Gasteiger partial charge in [-0.2, -0.15) is 12.7 Å². The van der Waals surface area contributed by atoms with Crippen LogP contribution in [0.15, 0.2) is 5.38 Å². The lowest BCUT2D eigenvalue weighted by molar-refractivity contribution is -0.142. The normalized spacial score (nSPS) is 16.6. The molecule has 0 aliphatic carbocycles. The summed E-state index contributed by atoms with van der Waals surface area (Å²) in [5.41, 5.74) is 0.484. The van der Waals surface area contributed by atoms with E-state index in [4.69, 9.17) is 9.47 Å². The second-order valence-electron chi connectivity index (χ2n) is 4.24. The molecule has 10 heteroatoms. The van der Waals surface area contributed by atoms with Gasteiger partial charge in [0.05, 0.1) is 31.9 Å². The van der Waals surface area contributed by atoms with Gasteiger partial charge < -0.3 is 9.47 Å². The number of thiazole rings is 1. The van der Waals surface area contributed by atoms with Crippen LogP contribution < -0.4 is 4.72 Å². The fourth-order valence-electron chi connectivity index (χ4n) is 1.76. The Balaban J connectivity index is 1.96. The number of morpholine rings is 1. The second-order valence-corrected chi connectivity index (χ2v) is 6.77. The van der Waals surface area contributed by atoms with Crippen LogP contribution in [0.3, 0.4) is 0 Å². The number of hydrogen-bond acceptors (Lipinski definition) is 7. The molecule has 0 amide bonds. The molecule has 0 atom stereocenters. The van der Waals surface area contributed by atoms with E-state index in [-0.39, 0.29) is 17.5 Å². The molecule has 0 unspecified atom stereocenters. The maximum atomic E-state index is 12.1. The predicted octanol–water partition coefficient (Wildman–Crippen LogP) is 0.238. The summed E-state index contributed by atoms with van der Waals surface area (Å²) >= 11 is 1.13. The van der Waals surface area contributed by atoms with Crippen LogP contribution in [0.1, 0.15) is 12.6 Å². The van der Waals surface area contributed by atoms with Gasteiger partial charge in [-0.15, -0.1) is 11.3 Å². The van der Waals surface area contributed by atoms with Crippen LogP contribution >= 0.6 is 11.3 Å². The first-order valence-electron chi connectivity index (χ1n) is 6.47. The van der Waals surface area contributed by atoms with E-state index in [0.717, 1.165) is 11.3 Å². The van der Waals surface area contributed by atoms with Crippen LogP contribution in [0.5, 0.6) is 0 Å². The van der Waals surface area contributed by atoms with E-state index >= 15 is 0 Å². The van der Waals surface area contributed by atoms with Gasteiger partial charge in [-0.1, -0.05) is 0 Å². The lowest BCUT2D eigenvalue weighted by Gasteiger charge is -2.25. The van der Waals surface area contributed by atoms with Gasteiger partial charge in [-0.3, -0.25) is 4.79 Å². The largest absolute Gasteiger partial charge is 0.466 e. The summed E-state index contributed by atoms with van der Waals surface area (Å²) in [6, 6.07) is 0. The zero-order valence-corrected chi connectivity index (χ0v) is 13.2. The number of anilines is 1. The number of carbonyl (C=O) groups is 1. The van der Waals surface area contributed by atoms with Crippen molar-refractivity contribution in [1.82, 2.24) is 9.29 Å². The minimum Gasteiger partial charge on any atom is -0.466 e. The Labute approximate surface area is 127 Å². The third kappa shape index (κ3) is 4.63. The highest BCUT2D eigenvalue weighted by Gasteiger charge is 2.25. The van der Waals surface area contributed by atoms with Crippen LogP contribution in [-0.2, 0) is 30.9 Å². The van der Waals surface area contributed by atoms with Crippen LogP contribution in [-0.4, -0.2) is 56.6 Å². The maximum absolute atomic E-state index is 12.1. The molecule has 0 radical (unpaired) electrons. The molecule has 1 aliphatic heterocycles. The second kappa shape index (κ2) is 7.16. The topological polar surface area (TPSA) is 97.8 Å². The van der Waals surface area contributed by atoms with Gasteiger partial charge in [0.15, 0.2) is 5.13 Å². The minimum atomic E-state index is -3.63. The Kier molecular flexibility index (Phi) is 5.51. The van der Waals surface area contributed by atoms with Crippen molar-refractivity contribution in [1.29, 1.82) is 0 Å². The highest BCUT2D eigenvalue weighted by Crippen LogP contribution is 2.19. The fourth-order valence-corrected chi connectivity index (χ4v) is 3.84. The SMILES string of the molecule is CCOC(=O)Cc1csc(NS(=O)(=O)N2CCOCC2)n1. The van der Waals surface area contributed by atoms with E-state index in [1.807, 2.05) is 0 Å². The molecule has 21 heavy (non-hydrogen) atoms. The molecule has 1 aromatic heterocycles. The van der Waals surface area contributed by atoms with Gasteiger partial charge in [0, 0.05) is 18.5 Å². The number of nitrogens with zero attached hydrogens (tertiary/aromatic N) is 2. The summed E-state index contributed by atoms with van der Waals surface area (Å²) in [6.07, 6.45) is 0.0314. The summed E-state index contributed by atoms with van der Waals surface area (Å²) in [6.45, 7) is 3.42. The van der Waals surface area contributed by atoms with Crippen molar-refractivity contribution < 1.29 is 22.7 Å². The number of hydrogen-bond donors (Lipinski definition) is 1. The summed E-state index contributed by atoms with van der Waals surface area (Å²) in [7, 11) is -3.63. The molecule has 1 aromatic rings. The van der Waals surface area contributed by atoms with Crippen LogP contribution in [0.2, 0.25) is 0 Å². The molecule has 1 N–H and O–H groups in total. The summed E-state index contributed by atoms with van der Waals surface area (Å²) in [5, 5.41) is 1.87. The summed E-state index contributed by atoms with van der Waals surface area (Å²) in [5.74, 6) is -0.384. The van der Waals surface area contributed by atoms with Gasteiger partial charge in [-0.25, -0.2) is 9.71 Å². The zero-order valence-electron chi connectivity index (χ0n) is 11.6. The van der Waals surface area contributed by atoms with Crippen molar-refractivity contribution in [2.45, 2.75) is 13.3 Å². The van der Waals surface area contributed by atoms with E-state index < -0.39 is 10.2 Å². The van der Waals surface area contributed by atoms with Crippen molar-refractivity contribution >= 4 is 32.6 Å². The molecule has 8 nitrogen and oxygen atoms in total.